The van der Waals surface area contributed by atoms with Crippen LogP contribution in [0.15, 0.2) is 66.7 Å². The van der Waals surface area contributed by atoms with Gasteiger partial charge in [0.2, 0.25) is 5.88 Å². The zero-order valence-corrected chi connectivity index (χ0v) is 17.1. The molecule has 0 radical (unpaired) electrons. The van der Waals surface area contributed by atoms with E-state index in [9.17, 15) is 31.1 Å². The Bertz CT molecular complexity index is 1140. The summed E-state index contributed by atoms with van der Waals surface area (Å²) in [6, 6.07) is 16.2. The van der Waals surface area contributed by atoms with Crippen molar-refractivity contribution in [1.82, 2.24) is 4.98 Å². The maximum absolute atomic E-state index is 13.3. The third-order valence-electron chi connectivity index (χ3n) is 4.18. The average Bonchev–Trinajstić information content (AvgIpc) is 2.77. The number of nitrogens with two attached hydrogens (primary N) is 1. The summed E-state index contributed by atoms with van der Waals surface area (Å²) in [6.07, 6.45) is -12.5. The summed E-state index contributed by atoms with van der Waals surface area (Å²) in [5.41, 5.74) is 3.89. The third-order valence-corrected chi connectivity index (χ3v) is 4.18. The molecule has 0 fully saturated rings. The number of alkyl halides is 6. The lowest BCUT2D eigenvalue weighted by atomic mass is 10.2. The van der Waals surface area contributed by atoms with Crippen LogP contribution in [-0.4, -0.2) is 17.1 Å². The van der Waals surface area contributed by atoms with Gasteiger partial charge in [0.15, 0.2) is 6.23 Å². The number of aromatic nitrogens is 1. The molecule has 1 aromatic heterocycles. The van der Waals surface area contributed by atoms with E-state index in [1.54, 1.807) is 36.4 Å². The second kappa shape index (κ2) is 10.00. The maximum atomic E-state index is 13.3. The number of esters is 1. The van der Waals surface area contributed by atoms with Gasteiger partial charge in [-0.05, 0) is 35.9 Å². The Balaban J connectivity index is 1.82. The molecule has 0 aliphatic carbocycles. The van der Waals surface area contributed by atoms with Gasteiger partial charge in [0, 0.05) is 11.6 Å². The molecule has 0 spiro atoms. The van der Waals surface area contributed by atoms with Crippen LogP contribution in [0.25, 0.3) is 0 Å². The van der Waals surface area contributed by atoms with E-state index in [1.807, 2.05) is 6.07 Å². The van der Waals surface area contributed by atoms with Crippen LogP contribution < -0.4 is 15.2 Å². The minimum Gasteiger partial charge on any atom is -0.489 e. The zero-order chi connectivity index (χ0) is 24.9. The Morgan fingerprint density at radius 1 is 0.912 bits per heavy atom. The largest absolute Gasteiger partial charge is 0.490 e. The van der Waals surface area contributed by atoms with Crippen LogP contribution in [0.3, 0.4) is 0 Å². The highest BCUT2D eigenvalue weighted by Gasteiger charge is 2.42. The van der Waals surface area contributed by atoms with Crippen LogP contribution in [0.5, 0.6) is 17.4 Å². The predicted octanol–water partition coefficient (Wildman–Crippen LogP) is 5.53. The Kier molecular flexibility index (Phi) is 7.30. The molecule has 3 rings (SSSR count). The van der Waals surface area contributed by atoms with E-state index >= 15 is 0 Å². The quantitative estimate of drug-likeness (QED) is 0.269. The van der Waals surface area contributed by atoms with Gasteiger partial charge in [-0.1, -0.05) is 30.3 Å². The summed E-state index contributed by atoms with van der Waals surface area (Å²) in [4.78, 5) is 14.3. The Hall–Kier alpha value is -3.80. The zero-order valence-electron chi connectivity index (χ0n) is 17.1. The van der Waals surface area contributed by atoms with E-state index in [1.165, 1.54) is 12.1 Å². The van der Waals surface area contributed by atoms with Gasteiger partial charge >= 0.3 is 18.3 Å². The molecule has 0 amide bonds. The van der Waals surface area contributed by atoms with Gasteiger partial charge in [-0.15, -0.1) is 0 Å². The van der Waals surface area contributed by atoms with Crippen LogP contribution in [0, 0.1) is 0 Å². The van der Waals surface area contributed by atoms with Crippen LogP contribution in [-0.2, 0) is 22.3 Å². The fourth-order valence-electron chi connectivity index (χ4n) is 2.64. The highest BCUT2D eigenvalue weighted by molar-refractivity contribution is 5.75. The molecule has 0 aliphatic rings. The molecule has 1 unspecified atom stereocenters. The fourth-order valence-corrected chi connectivity index (χ4v) is 2.64. The third kappa shape index (κ3) is 6.85. The topological polar surface area (TPSA) is 83.7 Å². The molecule has 0 aliphatic heterocycles. The van der Waals surface area contributed by atoms with Gasteiger partial charge in [0.1, 0.15) is 23.8 Å². The fraction of sp³-hybridized carbons (Fsp3) is 0.182. The minimum atomic E-state index is -5.38. The van der Waals surface area contributed by atoms with Crippen molar-refractivity contribution in [3.63, 3.8) is 0 Å². The molecule has 1 atom stereocenters. The van der Waals surface area contributed by atoms with Crippen molar-refractivity contribution in [2.75, 3.05) is 0 Å². The number of halogens is 6. The van der Waals surface area contributed by atoms with Crippen molar-refractivity contribution < 1.29 is 45.3 Å². The molecule has 0 saturated heterocycles. The summed E-state index contributed by atoms with van der Waals surface area (Å²) in [7, 11) is 0. The summed E-state index contributed by atoms with van der Waals surface area (Å²) in [5.74, 6) is -2.60. The number of carbonyl (C=O) groups excluding carboxylic acids is 1. The molecule has 6 nitrogen and oxygen atoms in total. The van der Waals surface area contributed by atoms with Gasteiger partial charge < -0.3 is 14.2 Å². The van der Waals surface area contributed by atoms with Crippen molar-refractivity contribution in [2.45, 2.75) is 25.2 Å². The molecule has 1 heterocycles. The normalized spacial score (nSPS) is 12.7. The number of benzene rings is 2. The van der Waals surface area contributed by atoms with Crippen molar-refractivity contribution in [1.29, 1.82) is 0 Å². The van der Waals surface area contributed by atoms with Gasteiger partial charge in [-0.3, -0.25) is 5.73 Å². The van der Waals surface area contributed by atoms with Gasteiger partial charge in [0.25, 0.3) is 0 Å². The first-order valence-electron chi connectivity index (χ1n) is 9.49. The molecule has 2 aromatic carbocycles. The molecule has 0 saturated carbocycles. The summed E-state index contributed by atoms with van der Waals surface area (Å²) < 4.78 is 92.0. The number of hydrogen-bond acceptors (Lipinski definition) is 6. The van der Waals surface area contributed by atoms with Crippen molar-refractivity contribution in [3.8, 4) is 17.4 Å². The van der Waals surface area contributed by atoms with Crippen molar-refractivity contribution >= 4 is 5.97 Å². The number of rotatable bonds is 7. The average molecular weight is 486 g/mol. The molecule has 34 heavy (non-hydrogen) atoms. The first-order valence-corrected chi connectivity index (χ1v) is 9.49. The number of pyridine rings is 1. The number of nitrogens with zero attached hydrogens (tertiary/aromatic N) is 1. The van der Waals surface area contributed by atoms with E-state index in [-0.39, 0.29) is 12.4 Å². The van der Waals surface area contributed by atoms with E-state index < -0.39 is 41.7 Å². The Labute approximate surface area is 188 Å². The van der Waals surface area contributed by atoms with Gasteiger partial charge in [-0.25, -0.2) is 9.78 Å². The highest BCUT2D eigenvalue weighted by atomic mass is 19.4. The summed E-state index contributed by atoms with van der Waals surface area (Å²) in [5, 5.41) is 0. The SMILES string of the molecule is NC(OC(=O)C(F)(F)F)c1cc(Oc2cccc(COc3ccccc3)c2)nc(C(F)(F)F)c1. The molecule has 3 aromatic rings. The number of carbonyl (C=O) groups is 1. The van der Waals surface area contributed by atoms with E-state index in [0.29, 0.717) is 17.4 Å². The van der Waals surface area contributed by atoms with Gasteiger partial charge in [0.05, 0.1) is 0 Å². The monoisotopic (exact) mass is 486 g/mol. The Morgan fingerprint density at radius 2 is 1.59 bits per heavy atom. The van der Waals surface area contributed by atoms with Crippen molar-refractivity contribution in [2.24, 2.45) is 5.73 Å². The maximum Gasteiger partial charge on any atom is 0.490 e. The van der Waals surface area contributed by atoms with Crippen LogP contribution in [0.1, 0.15) is 23.0 Å². The van der Waals surface area contributed by atoms with Crippen molar-refractivity contribution in [3.05, 3.63) is 83.6 Å². The lowest BCUT2D eigenvalue weighted by Crippen LogP contribution is -2.30. The first-order chi connectivity index (χ1) is 15.9. The second-order valence-electron chi connectivity index (χ2n) is 6.80. The summed E-state index contributed by atoms with van der Waals surface area (Å²) >= 11 is 0. The number of ether oxygens (including phenoxy) is 3. The Morgan fingerprint density at radius 3 is 2.24 bits per heavy atom. The molecule has 2 N–H and O–H groups in total. The first kappa shape index (κ1) is 24.8. The van der Waals surface area contributed by atoms with Gasteiger partial charge in [-0.2, -0.15) is 26.3 Å². The standard InChI is InChI=1S/C22H16F6N2O4/c23-21(24,25)17-10-14(19(29)34-20(31)22(26,27)28)11-18(30-17)33-16-8-4-5-13(9-16)12-32-15-6-2-1-3-7-15/h1-11,19H,12,29H2. The molecular weight excluding hydrogens is 470 g/mol. The van der Waals surface area contributed by atoms with Crippen LogP contribution in [0.4, 0.5) is 26.3 Å². The minimum absolute atomic E-state index is 0.0767. The molecular formula is C22H16F6N2O4. The smallest absolute Gasteiger partial charge is 0.489 e. The molecule has 0 bridgehead atoms. The number of hydrogen-bond donors (Lipinski definition) is 1. The number of para-hydroxylation sites is 1. The van der Waals surface area contributed by atoms with E-state index in [4.69, 9.17) is 15.2 Å². The highest BCUT2D eigenvalue weighted by Crippen LogP contribution is 2.33. The van der Waals surface area contributed by atoms with E-state index in [2.05, 4.69) is 9.72 Å². The van der Waals surface area contributed by atoms with Crippen LogP contribution >= 0.6 is 0 Å². The lowest BCUT2D eigenvalue weighted by molar-refractivity contribution is -0.205. The molecule has 12 heteroatoms. The second-order valence-corrected chi connectivity index (χ2v) is 6.80. The lowest BCUT2D eigenvalue weighted by Gasteiger charge is -2.17. The predicted molar refractivity (Wildman–Crippen MR) is 106 cm³/mol. The summed E-state index contributed by atoms with van der Waals surface area (Å²) in [6.45, 7) is 0.126. The molecule has 180 valence electrons. The van der Waals surface area contributed by atoms with Crippen LogP contribution in [0.2, 0.25) is 0 Å². The van der Waals surface area contributed by atoms with E-state index in [0.717, 1.165) is 6.07 Å².